The van der Waals surface area contributed by atoms with Crippen LogP contribution in [0.15, 0.2) is 24.3 Å². The SMILES string of the molecule is C[Si](C)(C)[C@@H]1C[C@H]1c1ccccc1O. The molecule has 0 aromatic heterocycles. The monoisotopic (exact) mass is 206 g/mol. The van der Waals surface area contributed by atoms with E-state index in [1.165, 1.54) is 12.0 Å². The second-order valence-electron chi connectivity index (χ2n) is 5.37. The van der Waals surface area contributed by atoms with E-state index < -0.39 is 8.07 Å². The van der Waals surface area contributed by atoms with Crippen LogP contribution < -0.4 is 0 Å². The van der Waals surface area contributed by atoms with Gasteiger partial charge in [-0.25, -0.2) is 0 Å². The molecule has 0 heterocycles. The molecule has 0 saturated heterocycles. The van der Waals surface area contributed by atoms with Gasteiger partial charge in [-0.15, -0.1) is 0 Å². The van der Waals surface area contributed by atoms with Gasteiger partial charge in [0.05, 0.1) is 0 Å². The van der Waals surface area contributed by atoms with Crippen LogP contribution in [0.25, 0.3) is 0 Å². The number of hydrogen-bond acceptors (Lipinski definition) is 1. The minimum atomic E-state index is -1.00. The third-order valence-electron chi connectivity index (χ3n) is 3.24. The molecule has 1 aliphatic rings. The first-order valence-electron chi connectivity index (χ1n) is 5.28. The molecule has 1 nitrogen and oxygen atoms in total. The van der Waals surface area contributed by atoms with Crippen LogP contribution in [0.2, 0.25) is 25.2 Å². The second kappa shape index (κ2) is 3.12. The van der Waals surface area contributed by atoms with E-state index in [-0.39, 0.29) is 0 Å². The Morgan fingerprint density at radius 1 is 1.21 bits per heavy atom. The molecule has 1 N–H and O–H groups in total. The lowest BCUT2D eigenvalue weighted by molar-refractivity contribution is 0.468. The summed E-state index contributed by atoms with van der Waals surface area (Å²) in [7, 11) is -1.00. The lowest BCUT2D eigenvalue weighted by Crippen LogP contribution is -2.20. The number of phenolic OH excluding ortho intramolecular Hbond substituents is 1. The highest BCUT2D eigenvalue weighted by molar-refractivity contribution is 6.78. The molecule has 14 heavy (non-hydrogen) atoms. The van der Waals surface area contributed by atoms with Crippen molar-refractivity contribution in [2.75, 3.05) is 0 Å². The van der Waals surface area contributed by atoms with Crippen LogP contribution in [0.4, 0.5) is 0 Å². The zero-order valence-corrected chi connectivity index (χ0v) is 10.1. The minimum Gasteiger partial charge on any atom is -0.508 e. The quantitative estimate of drug-likeness (QED) is 0.733. The molecule has 1 saturated carbocycles. The topological polar surface area (TPSA) is 20.2 Å². The summed E-state index contributed by atoms with van der Waals surface area (Å²) in [6, 6.07) is 7.79. The van der Waals surface area contributed by atoms with E-state index in [0.29, 0.717) is 11.7 Å². The molecule has 1 aromatic carbocycles. The normalized spacial score (nSPS) is 26.2. The lowest BCUT2D eigenvalue weighted by atomic mass is 10.1. The van der Waals surface area contributed by atoms with Crippen molar-refractivity contribution in [2.45, 2.75) is 37.5 Å². The molecule has 1 aromatic rings. The summed E-state index contributed by atoms with van der Waals surface area (Å²) in [6.45, 7) is 7.24. The first kappa shape index (κ1) is 9.78. The van der Waals surface area contributed by atoms with Crippen LogP contribution in [0.3, 0.4) is 0 Å². The highest BCUT2D eigenvalue weighted by Crippen LogP contribution is 2.59. The van der Waals surface area contributed by atoms with Gasteiger partial charge in [-0.05, 0) is 29.5 Å². The molecule has 2 atom stereocenters. The number of benzene rings is 1. The maximum Gasteiger partial charge on any atom is 0.119 e. The maximum atomic E-state index is 9.72. The summed E-state index contributed by atoms with van der Waals surface area (Å²) in [4.78, 5) is 0. The van der Waals surface area contributed by atoms with Crippen LogP contribution in [0, 0.1) is 0 Å². The van der Waals surface area contributed by atoms with Crippen LogP contribution in [0.5, 0.6) is 5.75 Å². The van der Waals surface area contributed by atoms with Crippen molar-refractivity contribution >= 4 is 8.07 Å². The Morgan fingerprint density at radius 3 is 2.36 bits per heavy atom. The average Bonchev–Trinajstić information content (AvgIpc) is 2.83. The third-order valence-corrected chi connectivity index (χ3v) is 6.10. The van der Waals surface area contributed by atoms with Crippen molar-refractivity contribution in [1.82, 2.24) is 0 Å². The lowest BCUT2D eigenvalue weighted by Gasteiger charge is -2.15. The molecule has 0 spiro atoms. The zero-order chi connectivity index (χ0) is 10.3. The van der Waals surface area contributed by atoms with Crippen LogP contribution >= 0.6 is 0 Å². The zero-order valence-electron chi connectivity index (χ0n) is 9.12. The Balaban J connectivity index is 2.18. The van der Waals surface area contributed by atoms with Crippen LogP contribution in [-0.2, 0) is 0 Å². The Kier molecular flexibility index (Phi) is 2.18. The van der Waals surface area contributed by atoms with Crippen molar-refractivity contribution in [2.24, 2.45) is 0 Å². The van der Waals surface area contributed by atoms with Crippen molar-refractivity contribution in [1.29, 1.82) is 0 Å². The number of phenols is 1. The van der Waals surface area contributed by atoms with E-state index in [1.54, 1.807) is 6.07 Å². The van der Waals surface area contributed by atoms with E-state index in [1.807, 2.05) is 12.1 Å². The molecule has 0 radical (unpaired) electrons. The van der Waals surface area contributed by atoms with Crippen molar-refractivity contribution in [3.63, 3.8) is 0 Å². The van der Waals surface area contributed by atoms with Crippen LogP contribution in [-0.4, -0.2) is 13.2 Å². The summed E-state index contributed by atoms with van der Waals surface area (Å²) >= 11 is 0. The van der Waals surface area contributed by atoms with Gasteiger partial charge in [0.15, 0.2) is 0 Å². The average molecular weight is 206 g/mol. The fraction of sp³-hybridized carbons (Fsp3) is 0.500. The van der Waals surface area contributed by atoms with Gasteiger partial charge in [-0.3, -0.25) is 0 Å². The van der Waals surface area contributed by atoms with E-state index in [2.05, 4.69) is 25.7 Å². The Morgan fingerprint density at radius 2 is 1.86 bits per heavy atom. The third kappa shape index (κ3) is 1.71. The summed E-state index contributed by atoms with van der Waals surface area (Å²) in [5, 5.41) is 9.72. The van der Waals surface area contributed by atoms with Crippen molar-refractivity contribution < 1.29 is 5.11 Å². The van der Waals surface area contributed by atoms with Gasteiger partial charge in [-0.2, -0.15) is 0 Å². The highest BCUT2D eigenvalue weighted by atomic mass is 28.3. The predicted molar refractivity (Wildman–Crippen MR) is 62.6 cm³/mol. The first-order chi connectivity index (χ1) is 6.50. The van der Waals surface area contributed by atoms with Crippen molar-refractivity contribution in [3.05, 3.63) is 29.8 Å². The molecule has 2 heteroatoms. The number of aromatic hydroxyl groups is 1. The highest BCUT2D eigenvalue weighted by Gasteiger charge is 2.47. The maximum absolute atomic E-state index is 9.72. The molecule has 0 aliphatic heterocycles. The summed E-state index contributed by atoms with van der Waals surface area (Å²) < 4.78 is 0. The Hall–Kier alpha value is -0.763. The summed E-state index contributed by atoms with van der Waals surface area (Å²) in [6.07, 6.45) is 1.29. The minimum absolute atomic E-state index is 0.484. The number of rotatable bonds is 2. The first-order valence-corrected chi connectivity index (χ1v) is 8.86. The Bertz CT molecular complexity index is 340. The molecular weight excluding hydrogens is 188 g/mol. The van der Waals surface area contributed by atoms with Gasteiger partial charge in [0, 0.05) is 8.07 Å². The molecule has 1 fully saturated rings. The van der Waals surface area contributed by atoms with E-state index >= 15 is 0 Å². The molecule has 76 valence electrons. The van der Waals surface area contributed by atoms with E-state index in [9.17, 15) is 5.11 Å². The number of para-hydroxylation sites is 1. The smallest absolute Gasteiger partial charge is 0.119 e. The van der Waals surface area contributed by atoms with Gasteiger partial charge >= 0.3 is 0 Å². The van der Waals surface area contributed by atoms with E-state index in [4.69, 9.17) is 0 Å². The fourth-order valence-corrected chi connectivity index (χ4v) is 4.64. The van der Waals surface area contributed by atoms with Gasteiger partial charge in [-0.1, -0.05) is 37.8 Å². The molecular formula is C12H18OSi. The summed E-state index contributed by atoms with van der Waals surface area (Å²) in [5.41, 5.74) is 2.04. The molecule has 2 rings (SSSR count). The van der Waals surface area contributed by atoms with Crippen LogP contribution in [0.1, 0.15) is 17.9 Å². The molecule has 0 amide bonds. The predicted octanol–water partition coefficient (Wildman–Crippen LogP) is 3.59. The summed E-state index contributed by atoms with van der Waals surface area (Å²) in [5.74, 6) is 1.13. The fourth-order valence-electron chi connectivity index (χ4n) is 2.30. The van der Waals surface area contributed by atoms with Gasteiger partial charge in [0.1, 0.15) is 5.75 Å². The molecule has 0 bridgehead atoms. The molecule has 1 aliphatic carbocycles. The standard InChI is InChI=1S/C12H18OSi/c1-14(2,3)12-8-10(12)9-6-4-5-7-11(9)13/h4-7,10,12-13H,8H2,1-3H3/t10-,12+/m0/s1. The molecule has 0 unspecified atom stereocenters. The van der Waals surface area contributed by atoms with Gasteiger partial charge < -0.3 is 5.11 Å². The largest absolute Gasteiger partial charge is 0.508 e. The van der Waals surface area contributed by atoms with Crippen molar-refractivity contribution in [3.8, 4) is 5.75 Å². The number of hydrogen-bond donors (Lipinski definition) is 1. The van der Waals surface area contributed by atoms with Gasteiger partial charge in [0.2, 0.25) is 0 Å². The van der Waals surface area contributed by atoms with Gasteiger partial charge in [0.25, 0.3) is 0 Å². The Labute approximate surface area is 86.8 Å². The second-order valence-corrected chi connectivity index (χ2v) is 10.8. The van der Waals surface area contributed by atoms with E-state index in [0.717, 1.165) is 5.54 Å².